The molecule has 1 aromatic carbocycles. The highest BCUT2D eigenvalue weighted by Crippen LogP contribution is 2.31. The van der Waals surface area contributed by atoms with E-state index in [1.165, 1.54) is 12.1 Å². The molecule has 1 unspecified atom stereocenters. The van der Waals surface area contributed by atoms with Gasteiger partial charge in [0, 0.05) is 22.1 Å². The fourth-order valence-corrected chi connectivity index (χ4v) is 2.64. The Kier molecular flexibility index (Phi) is 5.17. The van der Waals surface area contributed by atoms with Crippen LogP contribution in [0.1, 0.15) is 37.9 Å². The molecule has 0 aliphatic heterocycles. The van der Waals surface area contributed by atoms with Crippen LogP contribution < -0.4 is 5.32 Å². The fourth-order valence-electron chi connectivity index (χ4n) is 1.64. The summed E-state index contributed by atoms with van der Waals surface area (Å²) in [4.78, 5) is 0. The van der Waals surface area contributed by atoms with Crippen molar-refractivity contribution in [2.45, 2.75) is 38.5 Å². The van der Waals surface area contributed by atoms with Crippen molar-refractivity contribution in [3.05, 3.63) is 34.9 Å². The second kappa shape index (κ2) is 6.02. The zero-order valence-electron chi connectivity index (χ0n) is 11.6. The maximum absolute atomic E-state index is 14.0. The van der Waals surface area contributed by atoms with E-state index in [2.05, 4.69) is 26.1 Å². The van der Waals surface area contributed by atoms with Gasteiger partial charge in [0.25, 0.3) is 0 Å². The number of benzene rings is 1. The van der Waals surface area contributed by atoms with Crippen molar-refractivity contribution in [2.24, 2.45) is 0 Å². The molecule has 0 saturated carbocycles. The minimum Gasteiger partial charge on any atom is -0.312 e. The molecule has 1 rings (SSSR count). The number of hydrogen-bond donors (Lipinski definition) is 1. The Morgan fingerprint density at radius 2 is 1.89 bits per heavy atom. The highest BCUT2D eigenvalue weighted by atomic mass is 32.2. The van der Waals surface area contributed by atoms with Gasteiger partial charge in [0.15, 0.2) is 0 Å². The molecular formula is C14H21F2NS. The number of nitrogens with one attached hydrogen (secondary N) is 1. The molecule has 1 atom stereocenters. The average Bonchev–Trinajstić information content (AvgIpc) is 2.27. The molecule has 0 spiro atoms. The van der Waals surface area contributed by atoms with Crippen LogP contribution in [-0.4, -0.2) is 17.5 Å². The number of rotatable bonds is 4. The highest BCUT2D eigenvalue weighted by molar-refractivity contribution is 8.00. The van der Waals surface area contributed by atoms with Crippen LogP contribution >= 0.6 is 11.8 Å². The minimum absolute atomic E-state index is 0.0753. The molecule has 0 aromatic heterocycles. The topological polar surface area (TPSA) is 12.0 Å². The molecular weight excluding hydrogens is 252 g/mol. The van der Waals surface area contributed by atoms with E-state index in [1.807, 2.05) is 0 Å². The predicted octanol–water partition coefficient (Wildman–Crippen LogP) is 4.07. The lowest BCUT2D eigenvalue weighted by molar-refractivity contribution is 0.508. The van der Waals surface area contributed by atoms with Crippen LogP contribution in [0, 0.1) is 18.6 Å². The van der Waals surface area contributed by atoms with Crippen molar-refractivity contribution in [1.82, 2.24) is 5.32 Å². The number of thioether (sulfide) groups is 1. The van der Waals surface area contributed by atoms with Crippen molar-refractivity contribution in [1.29, 1.82) is 0 Å². The summed E-state index contributed by atoms with van der Waals surface area (Å²) in [5.41, 5.74) is 0.627. The minimum atomic E-state index is -0.480. The van der Waals surface area contributed by atoms with Crippen molar-refractivity contribution in [3.63, 3.8) is 0 Å². The maximum atomic E-state index is 14.0. The van der Waals surface area contributed by atoms with Crippen molar-refractivity contribution < 1.29 is 8.78 Å². The first-order valence-corrected chi connectivity index (χ1v) is 7.00. The Morgan fingerprint density at radius 1 is 1.28 bits per heavy atom. The van der Waals surface area contributed by atoms with E-state index in [9.17, 15) is 8.78 Å². The van der Waals surface area contributed by atoms with Gasteiger partial charge >= 0.3 is 0 Å². The Labute approximate surface area is 112 Å². The normalized spacial score (nSPS) is 13.7. The molecule has 4 heteroatoms. The molecule has 0 radical (unpaired) electrons. The molecule has 0 aliphatic rings. The monoisotopic (exact) mass is 273 g/mol. The maximum Gasteiger partial charge on any atom is 0.133 e. The molecule has 18 heavy (non-hydrogen) atoms. The van der Waals surface area contributed by atoms with E-state index in [1.54, 1.807) is 25.7 Å². The second-order valence-corrected chi connectivity index (χ2v) is 7.20. The van der Waals surface area contributed by atoms with Crippen LogP contribution in [0.15, 0.2) is 12.1 Å². The number of aryl methyl sites for hydroxylation is 1. The standard InChI is InChI=1S/C14H21F2NS/c1-9-6-7-10(15)12(13(9)16)11(17-5)8-18-14(2,3)4/h6-7,11,17H,8H2,1-5H3. The first kappa shape index (κ1) is 15.4. The summed E-state index contributed by atoms with van der Waals surface area (Å²) >= 11 is 1.69. The number of halogens is 2. The third-order valence-electron chi connectivity index (χ3n) is 2.70. The lowest BCUT2D eigenvalue weighted by Gasteiger charge is -2.24. The molecule has 0 bridgehead atoms. The first-order valence-electron chi connectivity index (χ1n) is 6.02. The van der Waals surface area contributed by atoms with Gasteiger partial charge in [-0.3, -0.25) is 0 Å². The summed E-state index contributed by atoms with van der Waals surface area (Å²) < 4.78 is 27.9. The molecule has 0 fully saturated rings. The number of hydrogen-bond acceptors (Lipinski definition) is 2. The Bertz CT molecular complexity index is 413. The van der Waals surface area contributed by atoms with E-state index in [0.29, 0.717) is 11.3 Å². The summed E-state index contributed by atoms with van der Waals surface area (Å²) in [6.07, 6.45) is 0. The summed E-state index contributed by atoms with van der Waals surface area (Å²) in [6.45, 7) is 7.93. The third-order valence-corrected chi connectivity index (χ3v) is 4.07. The average molecular weight is 273 g/mol. The first-order chi connectivity index (χ1) is 8.26. The molecule has 0 saturated heterocycles. The smallest absolute Gasteiger partial charge is 0.133 e. The molecule has 1 nitrogen and oxygen atoms in total. The van der Waals surface area contributed by atoms with Crippen LogP contribution in [0.25, 0.3) is 0 Å². The Morgan fingerprint density at radius 3 is 2.39 bits per heavy atom. The van der Waals surface area contributed by atoms with E-state index >= 15 is 0 Å². The lowest BCUT2D eigenvalue weighted by atomic mass is 10.0. The largest absolute Gasteiger partial charge is 0.312 e. The van der Waals surface area contributed by atoms with Crippen LogP contribution in [0.4, 0.5) is 8.78 Å². The summed E-state index contributed by atoms with van der Waals surface area (Å²) in [6, 6.07) is 2.49. The van der Waals surface area contributed by atoms with Crippen molar-refractivity contribution >= 4 is 11.8 Å². The van der Waals surface area contributed by atoms with Gasteiger partial charge in [0.2, 0.25) is 0 Å². The summed E-state index contributed by atoms with van der Waals surface area (Å²) in [5.74, 6) is -0.284. The van der Waals surface area contributed by atoms with Gasteiger partial charge < -0.3 is 5.32 Å². The van der Waals surface area contributed by atoms with E-state index in [4.69, 9.17) is 0 Å². The van der Waals surface area contributed by atoms with Crippen LogP contribution in [-0.2, 0) is 0 Å². The molecule has 1 N–H and O–H groups in total. The lowest BCUT2D eigenvalue weighted by Crippen LogP contribution is -2.24. The van der Waals surface area contributed by atoms with Gasteiger partial charge in [-0.05, 0) is 25.6 Å². The van der Waals surface area contributed by atoms with Crippen LogP contribution in [0.3, 0.4) is 0 Å². The summed E-state index contributed by atoms with van der Waals surface area (Å²) in [7, 11) is 1.73. The third kappa shape index (κ3) is 3.95. The highest BCUT2D eigenvalue weighted by Gasteiger charge is 2.22. The van der Waals surface area contributed by atoms with E-state index < -0.39 is 11.6 Å². The van der Waals surface area contributed by atoms with Gasteiger partial charge in [0.05, 0.1) is 0 Å². The SMILES string of the molecule is CNC(CSC(C)(C)C)c1c(F)ccc(C)c1F. The van der Waals surface area contributed by atoms with E-state index in [0.717, 1.165) is 0 Å². The zero-order chi connectivity index (χ0) is 13.9. The Hall–Kier alpha value is -0.610. The Balaban J connectivity index is 2.99. The summed E-state index contributed by atoms with van der Waals surface area (Å²) in [5, 5.41) is 3.00. The second-order valence-electron chi connectivity index (χ2n) is 5.36. The van der Waals surface area contributed by atoms with Crippen LogP contribution in [0.5, 0.6) is 0 Å². The van der Waals surface area contributed by atoms with Crippen molar-refractivity contribution in [3.8, 4) is 0 Å². The van der Waals surface area contributed by atoms with Crippen molar-refractivity contribution in [2.75, 3.05) is 12.8 Å². The van der Waals surface area contributed by atoms with Crippen LogP contribution in [0.2, 0.25) is 0 Å². The molecule has 0 heterocycles. The molecule has 0 aliphatic carbocycles. The molecule has 1 aromatic rings. The van der Waals surface area contributed by atoms with E-state index in [-0.39, 0.29) is 16.4 Å². The van der Waals surface area contributed by atoms with Gasteiger partial charge in [0.1, 0.15) is 11.6 Å². The molecule has 102 valence electrons. The van der Waals surface area contributed by atoms with Gasteiger partial charge in [-0.15, -0.1) is 0 Å². The van der Waals surface area contributed by atoms with Gasteiger partial charge in [-0.2, -0.15) is 11.8 Å². The predicted molar refractivity (Wildman–Crippen MR) is 75.1 cm³/mol. The fraction of sp³-hybridized carbons (Fsp3) is 0.571. The molecule has 0 amide bonds. The quantitative estimate of drug-likeness (QED) is 0.887. The van der Waals surface area contributed by atoms with Gasteiger partial charge in [-0.25, -0.2) is 8.78 Å². The zero-order valence-corrected chi connectivity index (χ0v) is 12.4. The van der Waals surface area contributed by atoms with Gasteiger partial charge in [-0.1, -0.05) is 26.8 Å².